The van der Waals surface area contributed by atoms with Crippen LogP contribution < -0.4 is 5.32 Å². The Morgan fingerprint density at radius 3 is 2.24 bits per heavy atom. The molecule has 1 aliphatic rings. The third-order valence-electron chi connectivity index (χ3n) is 4.45. The van der Waals surface area contributed by atoms with Crippen LogP contribution in [0.15, 0.2) is 24.5 Å². The molecule has 1 aliphatic heterocycles. The Kier molecular flexibility index (Phi) is 8.68. The SMILES string of the molecule is CB(O)N1CCC(NCc2ncc(F)cc2F)CC1.O=Cc1ncc(F)cc1F. The van der Waals surface area contributed by atoms with Gasteiger partial charge in [-0.2, -0.15) is 0 Å². The lowest BCUT2D eigenvalue weighted by Gasteiger charge is -2.33. The molecule has 0 unspecified atom stereocenters. The summed E-state index contributed by atoms with van der Waals surface area (Å²) in [6, 6.07) is 1.73. The lowest BCUT2D eigenvalue weighted by atomic mass is 9.82. The number of rotatable bonds is 5. The van der Waals surface area contributed by atoms with Gasteiger partial charge in [0.25, 0.3) is 0 Å². The van der Waals surface area contributed by atoms with Crippen molar-refractivity contribution in [1.82, 2.24) is 20.1 Å². The zero-order chi connectivity index (χ0) is 21.4. The highest BCUT2D eigenvalue weighted by Gasteiger charge is 2.23. The zero-order valence-electron chi connectivity index (χ0n) is 15.8. The van der Waals surface area contributed by atoms with Gasteiger partial charge < -0.3 is 15.2 Å². The van der Waals surface area contributed by atoms with Crippen LogP contribution in [0, 0.1) is 23.3 Å². The Bertz CT molecular complexity index is 820. The minimum atomic E-state index is -0.935. The van der Waals surface area contributed by atoms with Gasteiger partial charge >= 0.3 is 7.05 Å². The zero-order valence-corrected chi connectivity index (χ0v) is 15.8. The average molecular weight is 412 g/mol. The Labute approximate surface area is 166 Å². The summed E-state index contributed by atoms with van der Waals surface area (Å²) in [5.41, 5.74) is -0.138. The maximum atomic E-state index is 13.4. The number of halogens is 4. The van der Waals surface area contributed by atoms with Gasteiger partial charge in [-0.1, -0.05) is 0 Å². The van der Waals surface area contributed by atoms with Crippen molar-refractivity contribution in [2.75, 3.05) is 13.1 Å². The summed E-state index contributed by atoms with van der Waals surface area (Å²) in [6.45, 7) is 3.68. The molecule has 11 heteroatoms. The van der Waals surface area contributed by atoms with Crippen LogP contribution in [0.2, 0.25) is 6.82 Å². The van der Waals surface area contributed by atoms with Crippen LogP contribution in [0.3, 0.4) is 0 Å². The van der Waals surface area contributed by atoms with Crippen LogP contribution in [0.5, 0.6) is 0 Å². The van der Waals surface area contributed by atoms with Gasteiger partial charge in [0, 0.05) is 24.7 Å². The van der Waals surface area contributed by atoms with Crippen molar-refractivity contribution in [3.63, 3.8) is 0 Å². The van der Waals surface area contributed by atoms with E-state index in [1.54, 1.807) is 6.82 Å². The summed E-state index contributed by atoms with van der Waals surface area (Å²) in [5, 5.41) is 12.7. The first-order valence-corrected chi connectivity index (χ1v) is 9.01. The molecule has 0 atom stereocenters. The third kappa shape index (κ3) is 7.19. The minimum Gasteiger partial charge on any atom is -0.437 e. The van der Waals surface area contributed by atoms with Crippen molar-refractivity contribution in [3.05, 3.63) is 59.2 Å². The first-order valence-electron chi connectivity index (χ1n) is 9.01. The molecule has 1 fully saturated rings. The van der Waals surface area contributed by atoms with E-state index in [1.807, 2.05) is 4.81 Å². The second-order valence-corrected chi connectivity index (χ2v) is 6.54. The number of piperidine rings is 1. The predicted octanol–water partition coefficient (Wildman–Crippen LogP) is 2.20. The van der Waals surface area contributed by atoms with Crippen molar-refractivity contribution in [1.29, 1.82) is 0 Å². The first kappa shape index (κ1) is 22.9. The first-order chi connectivity index (χ1) is 13.8. The summed E-state index contributed by atoms with van der Waals surface area (Å²) in [5.74, 6) is -3.00. The maximum absolute atomic E-state index is 13.4. The number of pyridine rings is 2. The molecule has 0 aliphatic carbocycles. The van der Waals surface area contributed by atoms with Crippen LogP contribution in [0.1, 0.15) is 29.0 Å². The molecule has 2 N–H and O–H groups in total. The van der Waals surface area contributed by atoms with E-state index in [4.69, 9.17) is 0 Å². The Balaban J connectivity index is 0.000000253. The average Bonchev–Trinajstić information content (AvgIpc) is 2.68. The summed E-state index contributed by atoms with van der Waals surface area (Å²) in [6.07, 6.45) is 3.83. The van der Waals surface area contributed by atoms with Crippen molar-refractivity contribution >= 4 is 13.3 Å². The maximum Gasteiger partial charge on any atom is 0.376 e. The van der Waals surface area contributed by atoms with Gasteiger partial charge in [0.15, 0.2) is 12.1 Å². The minimum absolute atomic E-state index is 0.231. The molecule has 0 radical (unpaired) electrons. The van der Waals surface area contributed by atoms with Gasteiger partial charge in [0.1, 0.15) is 23.1 Å². The largest absolute Gasteiger partial charge is 0.437 e. The van der Waals surface area contributed by atoms with Gasteiger partial charge in [0.05, 0.1) is 18.1 Å². The van der Waals surface area contributed by atoms with E-state index in [9.17, 15) is 27.4 Å². The van der Waals surface area contributed by atoms with Crippen molar-refractivity contribution in [2.24, 2.45) is 0 Å². The van der Waals surface area contributed by atoms with Gasteiger partial charge in [-0.15, -0.1) is 0 Å². The lowest BCUT2D eigenvalue weighted by molar-refractivity contribution is 0.111. The highest BCUT2D eigenvalue weighted by Crippen LogP contribution is 2.12. The molecule has 0 bridgehead atoms. The molecule has 3 heterocycles. The van der Waals surface area contributed by atoms with E-state index in [0.29, 0.717) is 12.6 Å². The number of hydrogen-bond acceptors (Lipinski definition) is 6. The van der Waals surface area contributed by atoms with Gasteiger partial charge in [-0.25, -0.2) is 22.5 Å². The Morgan fingerprint density at radius 2 is 1.72 bits per heavy atom. The summed E-state index contributed by atoms with van der Waals surface area (Å²) in [4.78, 5) is 18.8. The molecule has 0 spiro atoms. The van der Waals surface area contributed by atoms with Crippen molar-refractivity contribution in [3.8, 4) is 0 Å². The lowest BCUT2D eigenvalue weighted by Crippen LogP contribution is -2.47. The third-order valence-corrected chi connectivity index (χ3v) is 4.45. The standard InChI is InChI=1S/C12H18BF2N3O.C6H3F2NO/c1-13(19)18-4-2-10(3-5-18)16-8-12-11(15)6-9(14)7-17-12;7-4-1-5(8)6(3-10)9-2-4/h6-7,10,16,19H,2-5,8H2,1H3;1-3H. The fraction of sp³-hybridized carbons (Fsp3) is 0.389. The van der Waals surface area contributed by atoms with E-state index < -0.39 is 30.3 Å². The number of nitrogens with zero attached hydrogens (tertiary/aromatic N) is 3. The Hall–Kier alpha value is -2.37. The van der Waals surface area contributed by atoms with E-state index >= 15 is 0 Å². The molecule has 156 valence electrons. The van der Waals surface area contributed by atoms with Gasteiger partial charge in [-0.3, -0.25) is 9.78 Å². The molecule has 2 aromatic rings. The fourth-order valence-electron chi connectivity index (χ4n) is 2.80. The number of aromatic nitrogens is 2. The molecule has 1 saturated heterocycles. The quantitative estimate of drug-likeness (QED) is 0.446. The molecule has 3 rings (SSSR count). The smallest absolute Gasteiger partial charge is 0.376 e. The highest BCUT2D eigenvalue weighted by molar-refractivity contribution is 6.45. The van der Waals surface area contributed by atoms with Crippen LogP contribution in [-0.2, 0) is 6.54 Å². The summed E-state index contributed by atoms with van der Waals surface area (Å²) < 4.78 is 50.5. The molecule has 0 aromatic carbocycles. The second kappa shape index (κ2) is 11.0. The van der Waals surface area contributed by atoms with E-state index in [-0.39, 0.29) is 23.7 Å². The topological polar surface area (TPSA) is 78.4 Å². The van der Waals surface area contributed by atoms with E-state index in [2.05, 4.69) is 15.3 Å². The molecule has 2 aromatic heterocycles. The number of hydrogen-bond donors (Lipinski definition) is 2. The second-order valence-electron chi connectivity index (χ2n) is 6.54. The van der Waals surface area contributed by atoms with E-state index in [0.717, 1.165) is 44.4 Å². The number of aldehydes is 1. The molecule has 0 saturated carbocycles. The van der Waals surface area contributed by atoms with Gasteiger partial charge in [0.2, 0.25) is 0 Å². The number of nitrogens with one attached hydrogen (secondary N) is 1. The normalized spacial score (nSPS) is 14.8. The fourth-order valence-corrected chi connectivity index (χ4v) is 2.80. The summed E-state index contributed by atoms with van der Waals surface area (Å²) in [7, 11) is -0.419. The predicted molar refractivity (Wildman–Crippen MR) is 99.0 cm³/mol. The van der Waals surface area contributed by atoms with Crippen LogP contribution >= 0.6 is 0 Å². The monoisotopic (exact) mass is 412 g/mol. The molecule has 0 amide bonds. The van der Waals surface area contributed by atoms with Crippen LogP contribution in [-0.4, -0.2) is 52.3 Å². The number of carbonyl (C=O) groups is 1. The van der Waals surface area contributed by atoms with E-state index in [1.165, 1.54) is 0 Å². The Morgan fingerprint density at radius 1 is 1.14 bits per heavy atom. The number of carbonyl (C=O) groups excluding carboxylic acids is 1. The molecular weight excluding hydrogens is 391 g/mol. The molecular formula is C18H21BF4N4O2. The molecule has 29 heavy (non-hydrogen) atoms. The van der Waals surface area contributed by atoms with Crippen LogP contribution in [0.4, 0.5) is 17.6 Å². The highest BCUT2D eigenvalue weighted by atomic mass is 19.1. The summed E-state index contributed by atoms with van der Waals surface area (Å²) >= 11 is 0. The van der Waals surface area contributed by atoms with Gasteiger partial charge in [-0.05, 0) is 32.8 Å². The van der Waals surface area contributed by atoms with Crippen molar-refractivity contribution < 1.29 is 27.4 Å². The van der Waals surface area contributed by atoms with Crippen molar-refractivity contribution in [2.45, 2.75) is 32.3 Å². The van der Waals surface area contributed by atoms with Crippen LogP contribution in [0.25, 0.3) is 0 Å². The molecule has 6 nitrogen and oxygen atoms in total.